The molecule has 2 aromatic rings. The molecule has 0 bridgehead atoms. The molecule has 138 valence electrons. The number of hydrogen-bond acceptors (Lipinski definition) is 6. The maximum atomic E-state index is 12.4. The summed E-state index contributed by atoms with van der Waals surface area (Å²) in [7, 11) is 3.32. The monoisotopic (exact) mass is 359 g/mol. The lowest BCUT2D eigenvalue weighted by atomic mass is 10.2. The number of carbonyl (C=O) groups excluding carboxylic acids is 2. The van der Waals surface area contributed by atoms with Gasteiger partial charge >= 0.3 is 6.03 Å². The van der Waals surface area contributed by atoms with Crippen molar-refractivity contribution in [3.05, 3.63) is 36.2 Å². The Kier molecular flexibility index (Phi) is 5.42. The maximum Gasteiger partial charge on any atom is 0.317 e. The Labute approximate surface area is 150 Å². The first-order valence-electron chi connectivity index (χ1n) is 8.24. The third-order valence-corrected chi connectivity index (χ3v) is 4.00. The van der Waals surface area contributed by atoms with Crippen LogP contribution >= 0.6 is 0 Å². The largest absolute Gasteiger partial charge is 0.365 e. The van der Waals surface area contributed by atoms with Gasteiger partial charge in [0.25, 0.3) is 5.91 Å². The van der Waals surface area contributed by atoms with Gasteiger partial charge in [0.1, 0.15) is 0 Å². The number of nitrogens with zero attached hydrogens (tertiary/aromatic N) is 6. The lowest BCUT2D eigenvalue weighted by molar-refractivity contribution is -0.145. The number of ether oxygens (including phenoxy) is 1. The molecule has 10 nitrogen and oxygen atoms in total. The molecule has 2 heterocycles. The van der Waals surface area contributed by atoms with E-state index < -0.39 is 6.10 Å². The molecule has 1 atom stereocenters. The van der Waals surface area contributed by atoms with Crippen molar-refractivity contribution < 1.29 is 14.3 Å². The molecular formula is C16H21N7O3. The third-order valence-electron chi connectivity index (χ3n) is 4.00. The summed E-state index contributed by atoms with van der Waals surface area (Å²) >= 11 is 0. The van der Waals surface area contributed by atoms with Gasteiger partial charge in [-0.25, -0.2) is 4.79 Å². The van der Waals surface area contributed by atoms with Gasteiger partial charge < -0.3 is 19.9 Å². The molecule has 1 aliphatic heterocycles. The van der Waals surface area contributed by atoms with E-state index in [-0.39, 0.29) is 25.0 Å². The average molecular weight is 359 g/mol. The Morgan fingerprint density at radius 2 is 2.08 bits per heavy atom. The fourth-order valence-corrected chi connectivity index (χ4v) is 2.62. The molecule has 26 heavy (non-hydrogen) atoms. The van der Waals surface area contributed by atoms with Crippen LogP contribution in [0.25, 0.3) is 5.69 Å². The minimum Gasteiger partial charge on any atom is -0.365 e. The Balaban J connectivity index is 1.60. The summed E-state index contributed by atoms with van der Waals surface area (Å²) < 4.78 is 7.03. The molecule has 1 aromatic carbocycles. The SMILES string of the molecule is CN(C)C(=O)C1CN(C(=O)NCc2nnnn2-c2ccccc2)CCO1. The van der Waals surface area contributed by atoms with Crippen molar-refractivity contribution in [2.45, 2.75) is 12.6 Å². The number of tetrazole rings is 1. The van der Waals surface area contributed by atoms with Crippen molar-refractivity contribution in [2.75, 3.05) is 33.8 Å². The van der Waals surface area contributed by atoms with Crippen LogP contribution in [0.1, 0.15) is 5.82 Å². The Hall–Kier alpha value is -3.01. The number of rotatable bonds is 4. The van der Waals surface area contributed by atoms with Crippen molar-refractivity contribution in [3.63, 3.8) is 0 Å². The van der Waals surface area contributed by atoms with E-state index in [1.54, 1.807) is 23.7 Å². The van der Waals surface area contributed by atoms with Crippen LogP contribution in [0.4, 0.5) is 4.79 Å². The first-order chi connectivity index (χ1) is 12.6. The Morgan fingerprint density at radius 3 is 2.81 bits per heavy atom. The summed E-state index contributed by atoms with van der Waals surface area (Å²) in [5.41, 5.74) is 0.810. The van der Waals surface area contributed by atoms with Crippen molar-refractivity contribution in [3.8, 4) is 5.69 Å². The number of amides is 3. The molecule has 1 N–H and O–H groups in total. The number of urea groups is 1. The zero-order chi connectivity index (χ0) is 18.5. The van der Waals surface area contributed by atoms with E-state index >= 15 is 0 Å². The molecule has 0 spiro atoms. The number of carbonyl (C=O) groups is 2. The van der Waals surface area contributed by atoms with Crippen LogP contribution in [0.5, 0.6) is 0 Å². The molecule has 0 aliphatic carbocycles. The summed E-state index contributed by atoms with van der Waals surface area (Å²) in [6, 6.07) is 9.14. The summed E-state index contributed by atoms with van der Waals surface area (Å²) in [6.07, 6.45) is -0.640. The minimum atomic E-state index is -0.640. The van der Waals surface area contributed by atoms with Gasteiger partial charge in [-0.2, -0.15) is 4.68 Å². The van der Waals surface area contributed by atoms with E-state index in [2.05, 4.69) is 20.8 Å². The molecule has 10 heteroatoms. The zero-order valence-electron chi connectivity index (χ0n) is 14.7. The van der Waals surface area contributed by atoms with Crippen LogP contribution < -0.4 is 5.32 Å². The standard InChI is InChI=1S/C16H21N7O3/c1-21(2)15(24)13-11-22(8-9-26-13)16(25)17-10-14-18-19-20-23(14)12-6-4-3-5-7-12/h3-7,13H,8-11H2,1-2H3,(H,17,25). The predicted octanol–water partition coefficient (Wildman–Crippen LogP) is -0.339. The highest BCUT2D eigenvalue weighted by Gasteiger charge is 2.30. The van der Waals surface area contributed by atoms with Gasteiger partial charge in [-0.3, -0.25) is 4.79 Å². The van der Waals surface area contributed by atoms with Crippen LogP contribution in [0.15, 0.2) is 30.3 Å². The van der Waals surface area contributed by atoms with Gasteiger partial charge in [-0.1, -0.05) is 18.2 Å². The third kappa shape index (κ3) is 3.97. The smallest absolute Gasteiger partial charge is 0.317 e. The number of likely N-dealkylation sites (N-methyl/N-ethyl adjacent to an activating group) is 1. The molecule has 3 amide bonds. The number of nitrogens with one attached hydrogen (secondary N) is 1. The Morgan fingerprint density at radius 1 is 1.31 bits per heavy atom. The molecule has 1 aliphatic rings. The molecule has 3 rings (SSSR count). The summed E-state index contributed by atoms with van der Waals surface area (Å²) in [5, 5.41) is 14.4. The lowest BCUT2D eigenvalue weighted by Crippen LogP contribution is -2.53. The first kappa shape index (κ1) is 17.8. The molecule has 0 radical (unpaired) electrons. The number of benzene rings is 1. The molecule has 0 saturated carbocycles. The fraction of sp³-hybridized carbons (Fsp3) is 0.438. The number of aromatic nitrogens is 4. The van der Waals surface area contributed by atoms with E-state index in [1.807, 2.05) is 30.3 Å². The second-order valence-corrected chi connectivity index (χ2v) is 6.04. The van der Waals surface area contributed by atoms with Crippen molar-refractivity contribution in [1.82, 2.24) is 35.3 Å². The van der Waals surface area contributed by atoms with Gasteiger partial charge in [0, 0.05) is 20.6 Å². The molecule has 1 aromatic heterocycles. The van der Waals surface area contributed by atoms with Crippen LogP contribution in [0.3, 0.4) is 0 Å². The molecule has 1 fully saturated rings. The highest BCUT2D eigenvalue weighted by Crippen LogP contribution is 2.09. The van der Waals surface area contributed by atoms with Gasteiger partial charge in [0.15, 0.2) is 11.9 Å². The van der Waals surface area contributed by atoms with Crippen molar-refractivity contribution in [2.24, 2.45) is 0 Å². The van der Waals surface area contributed by atoms with Gasteiger partial charge in [0.05, 0.1) is 25.4 Å². The van der Waals surface area contributed by atoms with E-state index in [9.17, 15) is 9.59 Å². The quantitative estimate of drug-likeness (QED) is 0.801. The van der Waals surface area contributed by atoms with Crippen LogP contribution in [0, 0.1) is 0 Å². The summed E-state index contributed by atoms with van der Waals surface area (Å²) in [6.45, 7) is 1.13. The number of morpholine rings is 1. The lowest BCUT2D eigenvalue weighted by Gasteiger charge is -2.33. The average Bonchev–Trinajstić information content (AvgIpc) is 3.14. The van der Waals surface area contributed by atoms with E-state index in [0.29, 0.717) is 19.0 Å². The van der Waals surface area contributed by atoms with Crippen LogP contribution in [-0.2, 0) is 16.1 Å². The fourth-order valence-electron chi connectivity index (χ4n) is 2.62. The Bertz CT molecular complexity index is 762. The maximum absolute atomic E-state index is 12.4. The van der Waals surface area contributed by atoms with E-state index in [4.69, 9.17) is 4.74 Å². The number of hydrogen-bond donors (Lipinski definition) is 1. The van der Waals surface area contributed by atoms with Crippen LogP contribution in [0.2, 0.25) is 0 Å². The van der Waals surface area contributed by atoms with E-state index in [0.717, 1.165) is 5.69 Å². The highest BCUT2D eigenvalue weighted by atomic mass is 16.5. The normalized spacial score (nSPS) is 17.0. The minimum absolute atomic E-state index is 0.157. The molecule has 1 unspecified atom stereocenters. The highest BCUT2D eigenvalue weighted by molar-refractivity contribution is 5.82. The molecule has 1 saturated heterocycles. The van der Waals surface area contributed by atoms with Gasteiger partial charge in [-0.15, -0.1) is 5.10 Å². The van der Waals surface area contributed by atoms with E-state index in [1.165, 1.54) is 4.90 Å². The van der Waals surface area contributed by atoms with Crippen LogP contribution in [-0.4, -0.2) is 81.8 Å². The van der Waals surface area contributed by atoms with Crippen molar-refractivity contribution in [1.29, 1.82) is 0 Å². The summed E-state index contributed by atoms with van der Waals surface area (Å²) in [4.78, 5) is 27.5. The second kappa shape index (κ2) is 7.91. The van der Waals surface area contributed by atoms with Crippen molar-refractivity contribution >= 4 is 11.9 Å². The second-order valence-electron chi connectivity index (χ2n) is 6.04. The van der Waals surface area contributed by atoms with Gasteiger partial charge in [-0.05, 0) is 22.6 Å². The summed E-state index contributed by atoms with van der Waals surface area (Å²) in [5.74, 6) is 0.356. The first-order valence-corrected chi connectivity index (χ1v) is 8.24. The number of para-hydroxylation sites is 1. The molecular weight excluding hydrogens is 338 g/mol. The zero-order valence-corrected chi connectivity index (χ0v) is 14.7. The predicted molar refractivity (Wildman–Crippen MR) is 91.4 cm³/mol. The van der Waals surface area contributed by atoms with Gasteiger partial charge in [0.2, 0.25) is 0 Å². The topological polar surface area (TPSA) is 105 Å².